The SMILES string of the molecule is O=C1CCC(=O)N1c1ccn(C2OC(CO)C(O)C2(F)F)c(=O)n1. The fourth-order valence-corrected chi connectivity index (χ4v) is 2.66. The van der Waals surface area contributed by atoms with Gasteiger partial charge in [-0.05, 0) is 6.07 Å². The Kier molecular flexibility index (Phi) is 3.94. The number of aliphatic hydroxyl groups excluding tert-OH is 2. The van der Waals surface area contributed by atoms with E-state index in [4.69, 9.17) is 9.84 Å². The topological polar surface area (TPSA) is 122 Å². The summed E-state index contributed by atoms with van der Waals surface area (Å²) in [6, 6.07) is 1.06. The molecule has 3 rings (SSSR count). The van der Waals surface area contributed by atoms with Crippen molar-refractivity contribution in [3.8, 4) is 0 Å². The zero-order valence-electron chi connectivity index (χ0n) is 12.1. The lowest BCUT2D eigenvalue weighted by molar-refractivity contribution is -0.141. The zero-order valence-corrected chi connectivity index (χ0v) is 12.1. The Morgan fingerprint density at radius 1 is 1.29 bits per heavy atom. The number of carbonyl (C=O) groups excluding carboxylic acids is 2. The van der Waals surface area contributed by atoms with Gasteiger partial charge in [0, 0.05) is 19.0 Å². The number of carbonyl (C=O) groups is 2. The lowest BCUT2D eigenvalue weighted by Gasteiger charge is -2.21. The van der Waals surface area contributed by atoms with Crippen molar-refractivity contribution in [1.82, 2.24) is 9.55 Å². The van der Waals surface area contributed by atoms with Crippen LogP contribution in [0, 0.1) is 0 Å². The van der Waals surface area contributed by atoms with Crippen molar-refractivity contribution in [3.05, 3.63) is 22.7 Å². The number of imide groups is 1. The van der Waals surface area contributed by atoms with E-state index < -0.39 is 48.5 Å². The molecule has 1 aromatic rings. The van der Waals surface area contributed by atoms with Gasteiger partial charge in [0.2, 0.25) is 18.0 Å². The van der Waals surface area contributed by atoms with E-state index in [1.807, 2.05) is 0 Å². The second-order valence-electron chi connectivity index (χ2n) is 5.43. The molecule has 24 heavy (non-hydrogen) atoms. The molecule has 3 heterocycles. The third-order valence-electron chi connectivity index (χ3n) is 3.91. The first-order valence-electron chi connectivity index (χ1n) is 7.04. The first-order chi connectivity index (χ1) is 11.3. The molecule has 0 saturated carbocycles. The highest BCUT2D eigenvalue weighted by atomic mass is 19.3. The van der Waals surface area contributed by atoms with Gasteiger partial charge >= 0.3 is 11.6 Å². The molecule has 3 unspecified atom stereocenters. The van der Waals surface area contributed by atoms with Crippen LogP contribution in [-0.4, -0.2) is 56.3 Å². The van der Waals surface area contributed by atoms with Crippen molar-refractivity contribution < 1.29 is 33.3 Å². The molecule has 2 saturated heterocycles. The number of rotatable bonds is 3. The molecule has 9 nitrogen and oxygen atoms in total. The Morgan fingerprint density at radius 2 is 1.92 bits per heavy atom. The van der Waals surface area contributed by atoms with Crippen molar-refractivity contribution in [3.63, 3.8) is 0 Å². The summed E-state index contributed by atoms with van der Waals surface area (Å²) in [6.45, 7) is -0.857. The smallest absolute Gasteiger partial charge is 0.351 e. The molecular weight excluding hydrogens is 332 g/mol. The van der Waals surface area contributed by atoms with Crippen LogP contribution < -0.4 is 10.6 Å². The van der Waals surface area contributed by atoms with E-state index in [0.717, 1.165) is 12.3 Å². The second-order valence-corrected chi connectivity index (χ2v) is 5.43. The minimum absolute atomic E-state index is 0.0161. The second kappa shape index (κ2) is 5.69. The Bertz CT molecular complexity index is 735. The van der Waals surface area contributed by atoms with E-state index >= 15 is 0 Å². The van der Waals surface area contributed by atoms with Crippen LogP contribution in [0.2, 0.25) is 0 Å². The molecular formula is C13H13F2N3O6. The number of anilines is 1. The highest BCUT2D eigenvalue weighted by Gasteiger charge is 2.59. The Morgan fingerprint density at radius 3 is 2.42 bits per heavy atom. The highest BCUT2D eigenvalue weighted by Crippen LogP contribution is 2.42. The molecule has 2 aliphatic heterocycles. The van der Waals surface area contributed by atoms with E-state index in [1.165, 1.54) is 0 Å². The molecule has 0 aliphatic carbocycles. The summed E-state index contributed by atoms with van der Waals surface area (Å²) in [7, 11) is 0. The van der Waals surface area contributed by atoms with Crippen molar-refractivity contribution in [2.24, 2.45) is 0 Å². The summed E-state index contributed by atoms with van der Waals surface area (Å²) < 4.78 is 33.4. The van der Waals surface area contributed by atoms with Crippen LogP contribution in [0.3, 0.4) is 0 Å². The zero-order chi connectivity index (χ0) is 17.6. The van der Waals surface area contributed by atoms with Gasteiger partial charge in [-0.3, -0.25) is 14.2 Å². The molecule has 0 bridgehead atoms. The van der Waals surface area contributed by atoms with E-state index in [1.54, 1.807) is 0 Å². The van der Waals surface area contributed by atoms with E-state index in [0.29, 0.717) is 9.47 Å². The first-order valence-corrected chi connectivity index (χ1v) is 7.04. The minimum Gasteiger partial charge on any atom is -0.394 e. The van der Waals surface area contributed by atoms with Gasteiger partial charge in [-0.1, -0.05) is 0 Å². The summed E-state index contributed by atoms with van der Waals surface area (Å²) in [5, 5.41) is 18.4. The maximum absolute atomic E-state index is 14.0. The molecule has 11 heteroatoms. The number of hydrogen-bond acceptors (Lipinski definition) is 7. The maximum Gasteiger partial charge on any atom is 0.351 e. The first kappa shape index (κ1) is 16.6. The van der Waals surface area contributed by atoms with Crippen LogP contribution in [0.4, 0.5) is 14.6 Å². The van der Waals surface area contributed by atoms with Crippen molar-refractivity contribution in [1.29, 1.82) is 0 Å². The maximum atomic E-state index is 14.0. The van der Waals surface area contributed by atoms with E-state index in [-0.39, 0.29) is 18.7 Å². The van der Waals surface area contributed by atoms with Gasteiger partial charge in [0.1, 0.15) is 11.9 Å². The van der Waals surface area contributed by atoms with E-state index in [9.17, 15) is 28.3 Å². The summed E-state index contributed by atoms with van der Waals surface area (Å²) in [4.78, 5) is 39.5. The molecule has 130 valence electrons. The Hall–Kier alpha value is -2.24. The van der Waals surface area contributed by atoms with Crippen molar-refractivity contribution in [2.75, 3.05) is 11.5 Å². The number of aliphatic hydroxyl groups is 2. The minimum atomic E-state index is -3.83. The van der Waals surface area contributed by atoms with Crippen molar-refractivity contribution >= 4 is 17.6 Å². The molecule has 1 aromatic heterocycles. The van der Waals surface area contributed by atoms with Gasteiger partial charge < -0.3 is 14.9 Å². The summed E-state index contributed by atoms with van der Waals surface area (Å²) in [6.07, 6.45) is -5.15. The molecule has 2 amide bonds. The average molecular weight is 345 g/mol. The lowest BCUT2D eigenvalue weighted by Crippen LogP contribution is -2.42. The quantitative estimate of drug-likeness (QED) is 0.659. The third-order valence-corrected chi connectivity index (χ3v) is 3.91. The van der Waals surface area contributed by atoms with Crippen LogP contribution in [0.1, 0.15) is 19.1 Å². The lowest BCUT2D eigenvalue weighted by atomic mass is 10.1. The van der Waals surface area contributed by atoms with Crippen LogP contribution >= 0.6 is 0 Å². The van der Waals surface area contributed by atoms with Gasteiger partial charge in [0.15, 0.2) is 6.10 Å². The fraction of sp³-hybridized carbons (Fsp3) is 0.538. The van der Waals surface area contributed by atoms with Crippen LogP contribution in [0.15, 0.2) is 17.1 Å². The van der Waals surface area contributed by atoms with Gasteiger partial charge in [-0.15, -0.1) is 0 Å². The van der Waals surface area contributed by atoms with Crippen LogP contribution in [-0.2, 0) is 14.3 Å². The van der Waals surface area contributed by atoms with Crippen molar-refractivity contribution in [2.45, 2.75) is 37.2 Å². The predicted molar refractivity (Wildman–Crippen MR) is 72.2 cm³/mol. The van der Waals surface area contributed by atoms with E-state index in [2.05, 4.69) is 4.98 Å². The summed E-state index contributed by atoms with van der Waals surface area (Å²) in [5.74, 6) is -5.17. The number of ether oxygens (including phenoxy) is 1. The van der Waals surface area contributed by atoms with Gasteiger partial charge in [0.25, 0.3) is 0 Å². The number of amides is 2. The number of aromatic nitrogens is 2. The van der Waals surface area contributed by atoms with Crippen LogP contribution in [0.5, 0.6) is 0 Å². The molecule has 2 aliphatic rings. The Labute approximate surface area is 133 Å². The molecule has 0 radical (unpaired) electrons. The Balaban J connectivity index is 1.95. The third kappa shape index (κ3) is 2.41. The standard InChI is InChI=1S/C13H13F2N3O6/c14-13(15)10(22)6(5-19)24-11(13)17-4-3-7(16-12(17)23)18-8(20)1-2-9(18)21/h3-4,6,10-11,19,22H,1-2,5H2. The largest absolute Gasteiger partial charge is 0.394 e. The van der Waals surface area contributed by atoms with Gasteiger partial charge in [-0.25, -0.2) is 9.69 Å². The summed E-state index contributed by atoms with van der Waals surface area (Å²) >= 11 is 0. The summed E-state index contributed by atoms with van der Waals surface area (Å²) in [5.41, 5.74) is -1.18. The average Bonchev–Trinajstić information content (AvgIpc) is 2.97. The number of nitrogens with zero attached hydrogens (tertiary/aromatic N) is 3. The fourth-order valence-electron chi connectivity index (χ4n) is 2.66. The normalized spacial score (nSPS) is 29.5. The molecule has 3 atom stereocenters. The number of alkyl halides is 2. The number of halogens is 2. The predicted octanol–water partition coefficient (Wildman–Crippen LogP) is -1.22. The number of hydrogen-bond donors (Lipinski definition) is 2. The molecule has 2 N–H and O–H groups in total. The van der Waals surface area contributed by atoms with Gasteiger partial charge in [0.05, 0.1) is 6.61 Å². The molecule has 0 spiro atoms. The van der Waals surface area contributed by atoms with Crippen LogP contribution in [0.25, 0.3) is 0 Å². The highest BCUT2D eigenvalue weighted by molar-refractivity contribution is 6.19. The monoisotopic (exact) mass is 345 g/mol. The molecule has 0 aromatic carbocycles. The molecule has 2 fully saturated rings. The van der Waals surface area contributed by atoms with Gasteiger partial charge in [-0.2, -0.15) is 13.8 Å².